The first-order valence-corrected chi connectivity index (χ1v) is 8.14. The van der Waals surface area contributed by atoms with Crippen LogP contribution in [0.1, 0.15) is 38.3 Å². The Balaban J connectivity index is 2.25. The highest BCUT2D eigenvalue weighted by Crippen LogP contribution is 2.22. The largest absolute Gasteiger partial charge is 0.394 e. The lowest BCUT2D eigenvalue weighted by molar-refractivity contribution is 0.682. The van der Waals surface area contributed by atoms with Crippen molar-refractivity contribution in [3.05, 3.63) is 5.69 Å². The van der Waals surface area contributed by atoms with Crippen LogP contribution in [-0.4, -0.2) is 28.3 Å². The lowest BCUT2D eigenvalue weighted by atomic mass is 10.2. The topological polar surface area (TPSA) is 55.9 Å². The van der Waals surface area contributed by atoms with E-state index in [4.69, 9.17) is 5.73 Å². The van der Waals surface area contributed by atoms with Crippen molar-refractivity contribution in [3.63, 3.8) is 0 Å². The van der Waals surface area contributed by atoms with Crippen molar-refractivity contribution in [2.45, 2.75) is 39.0 Å². The van der Waals surface area contributed by atoms with Gasteiger partial charge in [0, 0.05) is 13.6 Å². The van der Waals surface area contributed by atoms with E-state index < -0.39 is 0 Å². The fourth-order valence-electron chi connectivity index (χ4n) is 2.00. The zero-order valence-corrected chi connectivity index (χ0v) is 12.6. The third-order valence-electron chi connectivity index (χ3n) is 3.06. The Morgan fingerprint density at radius 2 is 2.00 bits per heavy atom. The molecule has 0 aliphatic rings. The van der Waals surface area contributed by atoms with Crippen LogP contribution >= 0.6 is 11.8 Å². The van der Waals surface area contributed by atoms with Gasteiger partial charge in [0.15, 0.2) is 0 Å². The first kappa shape index (κ1) is 15.2. The molecule has 1 aromatic heterocycles. The van der Waals surface area contributed by atoms with Gasteiger partial charge < -0.3 is 11.1 Å². The summed E-state index contributed by atoms with van der Waals surface area (Å²) < 4.78 is 1.85. The summed E-state index contributed by atoms with van der Waals surface area (Å²) in [6.07, 6.45) is 8.18. The number of nitrogens with two attached hydrogens (primary N) is 1. The maximum atomic E-state index is 6.05. The number of nitrogens with one attached hydrogen (secondary N) is 1. The molecular formula is C13H26N4S. The van der Waals surface area contributed by atoms with E-state index in [-0.39, 0.29) is 0 Å². The van der Waals surface area contributed by atoms with E-state index in [1.807, 2.05) is 23.5 Å². The van der Waals surface area contributed by atoms with Crippen LogP contribution in [0.2, 0.25) is 0 Å². The second-order valence-corrected chi connectivity index (χ2v) is 5.51. The minimum absolute atomic E-state index is 0.808. The van der Waals surface area contributed by atoms with Gasteiger partial charge in [0.05, 0.1) is 11.4 Å². The molecule has 104 valence electrons. The van der Waals surface area contributed by atoms with Crippen LogP contribution in [0.15, 0.2) is 0 Å². The van der Waals surface area contributed by atoms with Gasteiger partial charge in [0.25, 0.3) is 0 Å². The van der Waals surface area contributed by atoms with E-state index in [1.165, 1.54) is 31.4 Å². The molecule has 0 amide bonds. The normalized spacial score (nSPS) is 10.8. The van der Waals surface area contributed by atoms with Crippen molar-refractivity contribution < 1.29 is 0 Å². The van der Waals surface area contributed by atoms with Gasteiger partial charge in [-0.1, -0.05) is 19.8 Å². The minimum Gasteiger partial charge on any atom is -0.394 e. The monoisotopic (exact) mass is 270 g/mol. The fourth-order valence-corrected chi connectivity index (χ4v) is 2.49. The quantitative estimate of drug-likeness (QED) is 0.677. The second kappa shape index (κ2) is 8.29. The number of hydrogen-bond donors (Lipinski definition) is 2. The molecule has 5 heteroatoms. The molecule has 0 spiro atoms. The molecule has 0 aliphatic carbocycles. The molecule has 18 heavy (non-hydrogen) atoms. The SMILES string of the molecule is CCc1nn(C)c(NCCCCCCSC)c1N. The van der Waals surface area contributed by atoms with Gasteiger partial charge in [-0.2, -0.15) is 16.9 Å². The van der Waals surface area contributed by atoms with Gasteiger partial charge in [-0.05, 0) is 31.3 Å². The maximum absolute atomic E-state index is 6.05. The molecule has 0 saturated heterocycles. The van der Waals surface area contributed by atoms with Gasteiger partial charge in [0.1, 0.15) is 5.82 Å². The summed E-state index contributed by atoms with van der Waals surface area (Å²) in [5, 5.41) is 7.79. The molecule has 0 aliphatic heterocycles. The van der Waals surface area contributed by atoms with E-state index >= 15 is 0 Å². The van der Waals surface area contributed by atoms with E-state index in [2.05, 4.69) is 23.6 Å². The number of aromatic nitrogens is 2. The third kappa shape index (κ3) is 4.44. The van der Waals surface area contributed by atoms with Crippen molar-refractivity contribution in [1.82, 2.24) is 9.78 Å². The van der Waals surface area contributed by atoms with Crippen molar-refractivity contribution in [2.75, 3.05) is 29.6 Å². The predicted molar refractivity (Wildman–Crippen MR) is 82.3 cm³/mol. The lowest BCUT2D eigenvalue weighted by Crippen LogP contribution is -2.07. The summed E-state index contributed by atoms with van der Waals surface area (Å²) in [5.74, 6) is 2.25. The van der Waals surface area contributed by atoms with E-state index in [0.717, 1.165) is 30.2 Å². The van der Waals surface area contributed by atoms with Crippen LogP contribution in [0, 0.1) is 0 Å². The van der Waals surface area contributed by atoms with Crippen LogP contribution in [0.25, 0.3) is 0 Å². The molecule has 1 rings (SSSR count). The van der Waals surface area contributed by atoms with E-state index in [1.54, 1.807) is 0 Å². The van der Waals surface area contributed by atoms with Gasteiger partial charge in [-0.15, -0.1) is 0 Å². The number of thioether (sulfide) groups is 1. The number of anilines is 2. The zero-order valence-electron chi connectivity index (χ0n) is 11.8. The minimum atomic E-state index is 0.808. The van der Waals surface area contributed by atoms with Crippen molar-refractivity contribution >= 4 is 23.3 Å². The Kier molecular flexibility index (Phi) is 7.01. The number of nitrogen functional groups attached to an aromatic ring is 1. The fraction of sp³-hybridized carbons (Fsp3) is 0.769. The number of unbranched alkanes of at least 4 members (excludes halogenated alkanes) is 3. The van der Waals surface area contributed by atoms with E-state index in [0.29, 0.717) is 0 Å². The molecule has 1 heterocycles. The molecule has 0 bridgehead atoms. The smallest absolute Gasteiger partial charge is 0.147 e. The van der Waals surface area contributed by atoms with Crippen molar-refractivity contribution in [3.8, 4) is 0 Å². The Morgan fingerprint density at radius 3 is 2.61 bits per heavy atom. The molecule has 0 saturated carbocycles. The summed E-state index contributed by atoms with van der Waals surface area (Å²) >= 11 is 1.93. The first-order valence-electron chi connectivity index (χ1n) is 6.74. The van der Waals surface area contributed by atoms with Crippen LogP contribution in [0.4, 0.5) is 11.5 Å². The summed E-state index contributed by atoms with van der Waals surface area (Å²) in [4.78, 5) is 0. The van der Waals surface area contributed by atoms with Gasteiger partial charge in [0.2, 0.25) is 0 Å². The summed E-state index contributed by atoms with van der Waals surface area (Å²) in [6.45, 7) is 3.06. The van der Waals surface area contributed by atoms with Crippen LogP contribution < -0.4 is 11.1 Å². The molecule has 0 unspecified atom stereocenters. The molecule has 0 aromatic carbocycles. The average molecular weight is 270 g/mol. The highest BCUT2D eigenvalue weighted by molar-refractivity contribution is 7.98. The van der Waals surface area contributed by atoms with E-state index in [9.17, 15) is 0 Å². The van der Waals surface area contributed by atoms with Crippen LogP contribution in [-0.2, 0) is 13.5 Å². The van der Waals surface area contributed by atoms with Crippen molar-refractivity contribution in [2.24, 2.45) is 7.05 Å². The molecular weight excluding hydrogens is 244 g/mol. The first-order chi connectivity index (χ1) is 8.70. The molecule has 0 radical (unpaired) electrons. The zero-order chi connectivity index (χ0) is 13.4. The Bertz CT molecular complexity index is 349. The van der Waals surface area contributed by atoms with Gasteiger partial charge in [-0.3, -0.25) is 4.68 Å². The number of nitrogens with zero attached hydrogens (tertiary/aromatic N) is 2. The van der Waals surface area contributed by atoms with Gasteiger partial charge in [-0.25, -0.2) is 0 Å². The average Bonchev–Trinajstić information content (AvgIpc) is 2.64. The summed E-state index contributed by atoms with van der Waals surface area (Å²) in [6, 6.07) is 0. The maximum Gasteiger partial charge on any atom is 0.147 e. The summed E-state index contributed by atoms with van der Waals surface area (Å²) in [7, 11) is 1.94. The standard InChI is InChI=1S/C13H26N4S/c1-4-11-12(14)13(17(2)16-11)15-9-7-5-6-8-10-18-3/h15H,4-10,14H2,1-3H3. The second-order valence-electron chi connectivity index (χ2n) is 4.52. The predicted octanol–water partition coefficient (Wildman–Crippen LogP) is 2.90. The number of rotatable bonds is 9. The molecule has 0 fully saturated rings. The summed E-state index contributed by atoms with van der Waals surface area (Å²) in [5.41, 5.74) is 7.84. The van der Waals surface area contributed by atoms with Crippen LogP contribution in [0.5, 0.6) is 0 Å². The highest BCUT2D eigenvalue weighted by Gasteiger charge is 2.10. The van der Waals surface area contributed by atoms with Gasteiger partial charge >= 0.3 is 0 Å². The number of aryl methyl sites for hydroxylation is 2. The molecule has 3 N–H and O–H groups in total. The Morgan fingerprint density at radius 1 is 1.28 bits per heavy atom. The number of hydrogen-bond acceptors (Lipinski definition) is 4. The Labute approximate surface area is 115 Å². The highest BCUT2D eigenvalue weighted by atomic mass is 32.2. The van der Waals surface area contributed by atoms with Crippen LogP contribution in [0.3, 0.4) is 0 Å². The third-order valence-corrected chi connectivity index (χ3v) is 3.76. The molecule has 1 aromatic rings. The lowest BCUT2D eigenvalue weighted by Gasteiger charge is -2.07. The van der Waals surface area contributed by atoms with Crippen molar-refractivity contribution in [1.29, 1.82) is 0 Å². The Hall–Kier alpha value is -0.840. The molecule has 4 nitrogen and oxygen atoms in total. The molecule has 0 atom stereocenters.